The van der Waals surface area contributed by atoms with Gasteiger partial charge in [0.25, 0.3) is 0 Å². The molecule has 5 heteroatoms. The van der Waals surface area contributed by atoms with Gasteiger partial charge in [-0.15, -0.1) is 11.3 Å². The van der Waals surface area contributed by atoms with Gasteiger partial charge in [0.05, 0.1) is 10.9 Å². The molecule has 0 saturated heterocycles. The Morgan fingerprint density at radius 3 is 3.29 bits per heavy atom. The van der Waals surface area contributed by atoms with Crippen molar-refractivity contribution >= 4 is 26.4 Å². The lowest BCUT2D eigenvalue weighted by Gasteiger charge is -2.09. The average molecular weight is 205 g/mol. The molecule has 1 aliphatic heterocycles. The number of pyridine rings is 1. The molecule has 3 rings (SSSR count). The van der Waals surface area contributed by atoms with E-state index in [1.165, 1.54) is 10.1 Å². The molecule has 4 nitrogen and oxygen atoms in total. The van der Waals surface area contributed by atoms with E-state index in [2.05, 4.69) is 16.6 Å². The largest absolute Gasteiger partial charge is 0.395 e. The number of aromatic nitrogens is 1. The normalized spacial score (nSPS) is 15.0. The molecular formula is C9H7N3OS. The van der Waals surface area contributed by atoms with E-state index in [1.807, 2.05) is 23.5 Å². The number of hydrazine groups is 1. The Balaban J connectivity index is 2.09. The molecule has 0 fully saturated rings. The van der Waals surface area contributed by atoms with Gasteiger partial charge in [-0.3, -0.25) is 4.98 Å². The van der Waals surface area contributed by atoms with Crippen LogP contribution in [0.25, 0.3) is 10.1 Å². The summed E-state index contributed by atoms with van der Waals surface area (Å²) in [5, 5.41) is 4.11. The molecule has 0 aliphatic carbocycles. The molecule has 0 radical (unpaired) electrons. The van der Waals surface area contributed by atoms with Crippen LogP contribution in [-0.2, 0) is 4.84 Å². The Kier molecular flexibility index (Phi) is 1.65. The number of anilines is 1. The molecular weight excluding hydrogens is 198 g/mol. The van der Waals surface area contributed by atoms with Gasteiger partial charge in [-0.2, -0.15) is 0 Å². The van der Waals surface area contributed by atoms with Gasteiger partial charge in [0.15, 0.2) is 0 Å². The van der Waals surface area contributed by atoms with Gasteiger partial charge in [-0.25, -0.2) is 5.01 Å². The van der Waals surface area contributed by atoms with Crippen molar-refractivity contribution in [2.75, 3.05) is 5.01 Å². The highest BCUT2D eigenvalue weighted by Crippen LogP contribution is 2.31. The van der Waals surface area contributed by atoms with Gasteiger partial charge in [0.1, 0.15) is 11.3 Å². The van der Waals surface area contributed by atoms with Crippen molar-refractivity contribution in [1.29, 1.82) is 0 Å². The Hall–Kier alpha value is -1.59. The second kappa shape index (κ2) is 2.97. The first-order valence-corrected chi connectivity index (χ1v) is 4.96. The SMILES string of the molecule is C1=CN(c2cc3ccncc3s2)NO1. The standard InChI is InChI=1S/C9H7N3OS/c1-2-10-6-8-7(1)5-9(14-8)12-3-4-13-11-12/h1-6,11H. The van der Waals surface area contributed by atoms with E-state index in [0.29, 0.717) is 0 Å². The van der Waals surface area contributed by atoms with E-state index < -0.39 is 0 Å². The smallest absolute Gasteiger partial charge is 0.131 e. The summed E-state index contributed by atoms with van der Waals surface area (Å²) in [5.74, 6) is 0. The van der Waals surface area contributed by atoms with Gasteiger partial charge in [-0.1, -0.05) is 5.59 Å². The summed E-state index contributed by atoms with van der Waals surface area (Å²) in [6, 6.07) is 4.09. The third-order valence-electron chi connectivity index (χ3n) is 1.98. The molecule has 0 bridgehead atoms. The Morgan fingerprint density at radius 1 is 1.50 bits per heavy atom. The van der Waals surface area contributed by atoms with Crippen LogP contribution in [0.1, 0.15) is 0 Å². The monoisotopic (exact) mass is 205 g/mol. The van der Waals surface area contributed by atoms with Crippen LogP contribution in [0.5, 0.6) is 0 Å². The Morgan fingerprint density at radius 2 is 2.50 bits per heavy atom. The Bertz CT molecular complexity index is 461. The zero-order valence-corrected chi connectivity index (χ0v) is 7.99. The minimum Gasteiger partial charge on any atom is -0.395 e. The van der Waals surface area contributed by atoms with Crippen molar-refractivity contribution in [2.45, 2.75) is 0 Å². The first kappa shape index (κ1) is 7.78. The second-order valence-electron chi connectivity index (χ2n) is 2.86. The molecule has 0 saturated carbocycles. The van der Waals surface area contributed by atoms with Crippen LogP contribution < -0.4 is 10.6 Å². The van der Waals surface area contributed by atoms with Crippen molar-refractivity contribution in [1.82, 2.24) is 10.6 Å². The number of hydrogen-bond donors (Lipinski definition) is 1. The lowest BCUT2D eigenvalue weighted by Crippen LogP contribution is -2.25. The van der Waals surface area contributed by atoms with E-state index in [-0.39, 0.29) is 0 Å². The van der Waals surface area contributed by atoms with Crippen LogP contribution in [0.15, 0.2) is 37.0 Å². The maximum atomic E-state index is 4.89. The minimum atomic E-state index is 1.08. The molecule has 0 spiro atoms. The van der Waals surface area contributed by atoms with Gasteiger partial charge >= 0.3 is 0 Å². The van der Waals surface area contributed by atoms with Gasteiger partial charge < -0.3 is 4.84 Å². The van der Waals surface area contributed by atoms with Crippen LogP contribution in [-0.4, -0.2) is 4.98 Å². The van der Waals surface area contributed by atoms with E-state index in [9.17, 15) is 0 Å². The van der Waals surface area contributed by atoms with Crippen LogP contribution in [0, 0.1) is 0 Å². The fourth-order valence-electron chi connectivity index (χ4n) is 1.32. The highest BCUT2D eigenvalue weighted by molar-refractivity contribution is 7.22. The zero-order valence-electron chi connectivity index (χ0n) is 7.18. The molecule has 3 heterocycles. The lowest BCUT2D eigenvalue weighted by molar-refractivity contribution is 0.159. The van der Waals surface area contributed by atoms with E-state index in [4.69, 9.17) is 4.84 Å². The molecule has 70 valence electrons. The number of nitrogens with zero attached hydrogens (tertiary/aromatic N) is 2. The van der Waals surface area contributed by atoms with Crippen LogP contribution in [0.2, 0.25) is 0 Å². The van der Waals surface area contributed by atoms with E-state index in [0.717, 1.165) is 5.00 Å². The fourth-order valence-corrected chi connectivity index (χ4v) is 2.28. The minimum absolute atomic E-state index is 1.08. The molecule has 0 unspecified atom stereocenters. The summed E-state index contributed by atoms with van der Waals surface area (Å²) in [7, 11) is 0. The van der Waals surface area contributed by atoms with Gasteiger partial charge in [-0.05, 0) is 17.5 Å². The topological polar surface area (TPSA) is 37.4 Å². The fraction of sp³-hybridized carbons (Fsp3) is 0. The third kappa shape index (κ3) is 1.14. The number of rotatable bonds is 1. The molecule has 0 atom stereocenters. The molecule has 1 aliphatic rings. The molecule has 0 amide bonds. The Labute approximate surface area is 84.4 Å². The molecule has 2 aromatic heterocycles. The maximum Gasteiger partial charge on any atom is 0.131 e. The predicted molar refractivity (Wildman–Crippen MR) is 55.5 cm³/mol. The van der Waals surface area contributed by atoms with Gasteiger partial charge in [0, 0.05) is 12.4 Å². The number of thiophene rings is 1. The van der Waals surface area contributed by atoms with Gasteiger partial charge in [0.2, 0.25) is 0 Å². The summed E-state index contributed by atoms with van der Waals surface area (Å²) in [6.07, 6.45) is 7.09. The second-order valence-corrected chi connectivity index (χ2v) is 3.92. The third-order valence-corrected chi connectivity index (χ3v) is 3.06. The first-order valence-electron chi connectivity index (χ1n) is 4.14. The highest BCUT2D eigenvalue weighted by atomic mass is 32.1. The van der Waals surface area contributed by atoms with Crippen LogP contribution >= 0.6 is 11.3 Å². The summed E-state index contributed by atoms with van der Waals surface area (Å²) < 4.78 is 1.17. The number of fused-ring (bicyclic) bond motifs is 1. The highest BCUT2D eigenvalue weighted by Gasteiger charge is 2.10. The number of nitrogens with one attached hydrogen (secondary N) is 1. The summed E-state index contributed by atoms with van der Waals surface area (Å²) >= 11 is 1.66. The molecule has 1 N–H and O–H groups in total. The van der Waals surface area contributed by atoms with E-state index in [1.54, 1.807) is 23.8 Å². The summed E-state index contributed by atoms with van der Waals surface area (Å²) in [4.78, 5) is 8.97. The summed E-state index contributed by atoms with van der Waals surface area (Å²) in [5.41, 5.74) is 2.75. The lowest BCUT2D eigenvalue weighted by atomic mass is 10.3. The maximum absolute atomic E-state index is 4.89. The van der Waals surface area contributed by atoms with Crippen molar-refractivity contribution in [2.24, 2.45) is 0 Å². The average Bonchev–Trinajstić information content (AvgIpc) is 2.86. The predicted octanol–water partition coefficient (Wildman–Crippen LogP) is 2.02. The van der Waals surface area contributed by atoms with Crippen molar-refractivity contribution in [3.8, 4) is 0 Å². The quantitative estimate of drug-likeness (QED) is 0.773. The first-order chi connectivity index (χ1) is 6.93. The van der Waals surface area contributed by atoms with E-state index >= 15 is 0 Å². The molecule has 2 aromatic rings. The van der Waals surface area contributed by atoms with Crippen molar-refractivity contribution in [3.05, 3.63) is 37.0 Å². The number of hydrogen-bond acceptors (Lipinski definition) is 5. The summed E-state index contributed by atoms with van der Waals surface area (Å²) in [6.45, 7) is 0. The molecule has 14 heavy (non-hydrogen) atoms. The van der Waals surface area contributed by atoms with Crippen LogP contribution in [0.4, 0.5) is 5.00 Å². The molecule has 0 aromatic carbocycles. The zero-order chi connectivity index (χ0) is 9.38. The van der Waals surface area contributed by atoms with Crippen LogP contribution in [0.3, 0.4) is 0 Å². The van der Waals surface area contributed by atoms with Crippen molar-refractivity contribution in [3.63, 3.8) is 0 Å². The van der Waals surface area contributed by atoms with Crippen molar-refractivity contribution < 1.29 is 4.84 Å².